The van der Waals surface area contributed by atoms with Gasteiger partial charge in [0, 0.05) is 6.20 Å². The first-order valence-electron chi connectivity index (χ1n) is 9.01. The Hall–Kier alpha value is -3.06. The average molecular weight is 392 g/mol. The van der Waals surface area contributed by atoms with E-state index in [0.717, 1.165) is 33.4 Å². The number of aromatic nitrogens is 4. The molecule has 6 nitrogen and oxygen atoms in total. The molecule has 0 aliphatic heterocycles. The molecule has 0 fully saturated rings. The molecule has 4 aromatic rings. The zero-order valence-electron chi connectivity index (χ0n) is 16.0. The number of imidazole rings is 1. The SMILES string of the molecule is Cc1ccc(-n2nc(C)c(NC(=O)CSc3ncc4ccccn34)c2C)cc1. The van der Waals surface area contributed by atoms with Crippen molar-refractivity contribution in [1.29, 1.82) is 0 Å². The molecule has 4 rings (SSSR count). The molecular formula is C21H21N5OS. The molecule has 3 heterocycles. The van der Waals surface area contributed by atoms with Gasteiger partial charge in [0.25, 0.3) is 0 Å². The van der Waals surface area contributed by atoms with Crippen LogP contribution in [0.4, 0.5) is 5.69 Å². The van der Waals surface area contributed by atoms with Crippen LogP contribution in [0.3, 0.4) is 0 Å². The lowest BCUT2D eigenvalue weighted by Crippen LogP contribution is -2.15. The van der Waals surface area contributed by atoms with Crippen molar-refractivity contribution < 1.29 is 4.79 Å². The van der Waals surface area contributed by atoms with Crippen LogP contribution < -0.4 is 5.32 Å². The smallest absolute Gasteiger partial charge is 0.234 e. The first-order valence-corrected chi connectivity index (χ1v) is 9.99. The molecule has 1 amide bonds. The Balaban J connectivity index is 1.48. The molecule has 0 aliphatic carbocycles. The standard InChI is InChI=1S/C21H21N5OS/c1-14-7-9-17(10-8-14)26-16(3)20(15(2)24-26)23-19(27)13-28-21-22-12-18-6-4-5-11-25(18)21/h4-12H,13H2,1-3H3,(H,23,27). The number of thioether (sulfide) groups is 1. The summed E-state index contributed by atoms with van der Waals surface area (Å²) in [6, 6.07) is 14.1. The molecule has 0 unspecified atom stereocenters. The Morgan fingerprint density at radius 3 is 2.68 bits per heavy atom. The van der Waals surface area contributed by atoms with Crippen molar-refractivity contribution in [1.82, 2.24) is 19.2 Å². The van der Waals surface area contributed by atoms with Gasteiger partial charge in [0.05, 0.1) is 40.2 Å². The lowest BCUT2D eigenvalue weighted by molar-refractivity contribution is -0.113. The molecule has 0 saturated heterocycles. The van der Waals surface area contributed by atoms with Gasteiger partial charge in [-0.05, 0) is 45.0 Å². The topological polar surface area (TPSA) is 64.2 Å². The van der Waals surface area contributed by atoms with Gasteiger partial charge in [-0.1, -0.05) is 35.5 Å². The number of rotatable bonds is 5. The molecule has 3 aromatic heterocycles. The summed E-state index contributed by atoms with van der Waals surface area (Å²) in [5, 5.41) is 8.40. The number of nitrogens with zero attached hydrogens (tertiary/aromatic N) is 4. The minimum atomic E-state index is -0.0765. The molecule has 7 heteroatoms. The van der Waals surface area contributed by atoms with Crippen LogP contribution in [0.15, 0.2) is 60.0 Å². The highest BCUT2D eigenvalue weighted by molar-refractivity contribution is 7.99. The second kappa shape index (κ2) is 7.52. The third-order valence-electron chi connectivity index (χ3n) is 4.57. The van der Waals surface area contributed by atoms with Gasteiger partial charge in [0.2, 0.25) is 5.91 Å². The number of anilines is 1. The van der Waals surface area contributed by atoms with Crippen molar-refractivity contribution in [2.45, 2.75) is 25.9 Å². The number of fused-ring (bicyclic) bond motifs is 1. The van der Waals surface area contributed by atoms with E-state index in [1.54, 1.807) is 6.20 Å². The van der Waals surface area contributed by atoms with Crippen molar-refractivity contribution >= 4 is 28.9 Å². The number of hydrogen-bond acceptors (Lipinski definition) is 4. The van der Waals surface area contributed by atoms with Gasteiger partial charge in [0.1, 0.15) is 0 Å². The largest absolute Gasteiger partial charge is 0.322 e. The van der Waals surface area contributed by atoms with E-state index >= 15 is 0 Å². The summed E-state index contributed by atoms with van der Waals surface area (Å²) in [5.74, 6) is 0.204. The summed E-state index contributed by atoms with van der Waals surface area (Å²) in [5.41, 5.74) is 5.65. The van der Waals surface area contributed by atoms with Crippen LogP contribution in [0.2, 0.25) is 0 Å². The number of amides is 1. The van der Waals surface area contributed by atoms with Crippen LogP contribution in [0, 0.1) is 20.8 Å². The first-order chi connectivity index (χ1) is 13.5. The van der Waals surface area contributed by atoms with Gasteiger partial charge in [-0.3, -0.25) is 9.20 Å². The number of hydrogen-bond donors (Lipinski definition) is 1. The minimum absolute atomic E-state index is 0.0765. The molecule has 0 bridgehead atoms. The fourth-order valence-electron chi connectivity index (χ4n) is 3.09. The van der Waals surface area contributed by atoms with E-state index in [4.69, 9.17) is 0 Å². The van der Waals surface area contributed by atoms with E-state index in [1.165, 1.54) is 17.3 Å². The zero-order valence-corrected chi connectivity index (χ0v) is 16.8. The maximum atomic E-state index is 12.5. The van der Waals surface area contributed by atoms with Gasteiger partial charge in [-0.25, -0.2) is 9.67 Å². The molecule has 0 aliphatic rings. The Bertz CT molecular complexity index is 1140. The summed E-state index contributed by atoms with van der Waals surface area (Å²) >= 11 is 1.41. The third kappa shape index (κ3) is 3.53. The molecule has 28 heavy (non-hydrogen) atoms. The lowest BCUT2D eigenvalue weighted by Gasteiger charge is -2.07. The monoisotopic (exact) mass is 391 g/mol. The van der Waals surface area contributed by atoms with Crippen LogP contribution in [0.25, 0.3) is 11.2 Å². The predicted octanol–water partition coefficient (Wildman–Crippen LogP) is 4.18. The van der Waals surface area contributed by atoms with Crippen molar-refractivity contribution in [3.63, 3.8) is 0 Å². The molecule has 0 saturated carbocycles. The summed E-state index contributed by atoms with van der Waals surface area (Å²) < 4.78 is 3.84. The average Bonchev–Trinajstić information content (AvgIpc) is 3.23. The Morgan fingerprint density at radius 2 is 1.89 bits per heavy atom. The van der Waals surface area contributed by atoms with E-state index in [-0.39, 0.29) is 11.7 Å². The molecule has 0 radical (unpaired) electrons. The van der Waals surface area contributed by atoms with Crippen molar-refractivity contribution in [3.05, 3.63) is 71.8 Å². The van der Waals surface area contributed by atoms with E-state index in [0.29, 0.717) is 0 Å². The summed E-state index contributed by atoms with van der Waals surface area (Å²) in [6.45, 7) is 5.92. The van der Waals surface area contributed by atoms with Crippen LogP contribution in [-0.4, -0.2) is 30.8 Å². The van der Waals surface area contributed by atoms with Crippen LogP contribution in [0.5, 0.6) is 0 Å². The van der Waals surface area contributed by atoms with Gasteiger partial charge < -0.3 is 5.32 Å². The van der Waals surface area contributed by atoms with Crippen molar-refractivity contribution in [3.8, 4) is 5.69 Å². The second-order valence-electron chi connectivity index (χ2n) is 6.67. The normalized spacial score (nSPS) is 11.1. The fraction of sp³-hybridized carbons (Fsp3) is 0.190. The van der Waals surface area contributed by atoms with Crippen LogP contribution >= 0.6 is 11.8 Å². The number of nitrogens with one attached hydrogen (secondary N) is 1. The van der Waals surface area contributed by atoms with Gasteiger partial charge in [-0.2, -0.15) is 5.10 Å². The number of aryl methyl sites for hydroxylation is 2. The molecule has 0 spiro atoms. The quantitative estimate of drug-likeness (QED) is 0.519. The second-order valence-corrected chi connectivity index (χ2v) is 7.61. The highest BCUT2D eigenvalue weighted by atomic mass is 32.2. The summed E-state index contributed by atoms with van der Waals surface area (Å²) in [6.07, 6.45) is 3.75. The number of pyridine rings is 1. The van der Waals surface area contributed by atoms with E-state index in [9.17, 15) is 4.79 Å². The Kier molecular flexibility index (Phi) is 4.92. The molecule has 0 atom stereocenters. The number of benzene rings is 1. The highest BCUT2D eigenvalue weighted by Crippen LogP contribution is 2.24. The first kappa shape index (κ1) is 18.3. The fourth-order valence-corrected chi connectivity index (χ4v) is 3.86. The Labute approximate surface area is 167 Å². The van der Waals surface area contributed by atoms with E-state index in [2.05, 4.69) is 34.5 Å². The van der Waals surface area contributed by atoms with Gasteiger partial charge >= 0.3 is 0 Å². The predicted molar refractivity (Wildman–Crippen MR) is 112 cm³/mol. The number of carbonyl (C=O) groups is 1. The van der Waals surface area contributed by atoms with Crippen LogP contribution in [0.1, 0.15) is 17.0 Å². The zero-order chi connectivity index (χ0) is 19.7. The van der Waals surface area contributed by atoms with E-state index < -0.39 is 0 Å². The van der Waals surface area contributed by atoms with Crippen molar-refractivity contribution in [2.24, 2.45) is 0 Å². The maximum absolute atomic E-state index is 12.5. The van der Waals surface area contributed by atoms with E-state index in [1.807, 2.05) is 59.5 Å². The molecular weight excluding hydrogens is 370 g/mol. The van der Waals surface area contributed by atoms with Gasteiger partial charge in [0.15, 0.2) is 5.16 Å². The van der Waals surface area contributed by atoms with Gasteiger partial charge in [-0.15, -0.1) is 0 Å². The minimum Gasteiger partial charge on any atom is -0.322 e. The molecule has 1 aromatic carbocycles. The van der Waals surface area contributed by atoms with Crippen LogP contribution in [-0.2, 0) is 4.79 Å². The maximum Gasteiger partial charge on any atom is 0.234 e. The lowest BCUT2D eigenvalue weighted by atomic mass is 10.2. The highest BCUT2D eigenvalue weighted by Gasteiger charge is 2.16. The molecule has 142 valence electrons. The van der Waals surface area contributed by atoms with Crippen molar-refractivity contribution in [2.75, 3.05) is 11.1 Å². The summed E-state index contributed by atoms with van der Waals surface area (Å²) in [4.78, 5) is 16.9. The summed E-state index contributed by atoms with van der Waals surface area (Å²) in [7, 11) is 0. The Morgan fingerprint density at radius 1 is 1.11 bits per heavy atom. The number of carbonyl (C=O) groups excluding carboxylic acids is 1. The molecule has 1 N–H and O–H groups in total. The third-order valence-corrected chi connectivity index (χ3v) is 5.54.